The number of ether oxygens (including phenoxy) is 1. The van der Waals surface area contributed by atoms with Crippen LogP contribution < -0.4 is 15.4 Å². The van der Waals surface area contributed by atoms with Crippen molar-refractivity contribution in [3.63, 3.8) is 0 Å². The van der Waals surface area contributed by atoms with Crippen LogP contribution in [0.3, 0.4) is 0 Å². The molecule has 1 saturated carbocycles. The molecule has 1 fully saturated rings. The van der Waals surface area contributed by atoms with Crippen LogP contribution >= 0.6 is 0 Å². The van der Waals surface area contributed by atoms with Gasteiger partial charge in [-0.3, -0.25) is 4.79 Å². The first kappa shape index (κ1) is 17.9. The van der Waals surface area contributed by atoms with Gasteiger partial charge >= 0.3 is 18.2 Å². The Balaban J connectivity index is 1.93. The number of nitrogens with one attached hydrogen (secondary N) is 2. The predicted molar refractivity (Wildman–Crippen MR) is 78.9 cm³/mol. The highest BCUT2D eigenvalue weighted by molar-refractivity contribution is 5.91. The van der Waals surface area contributed by atoms with Crippen LogP contribution in [0.5, 0.6) is 5.75 Å². The Morgan fingerprint density at radius 2 is 1.92 bits per heavy atom. The van der Waals surface area contributed by atoms with E-state index < -0.39 is 30.2 Å². The summed E-state index contributed by atoms with van der Waals surface area (Å²) < 4.78 is 42.6. The number of amides is 2. The highest BCUT2D eigenvalue weighted by Gasteiger charge is 2.38. The number of carboxylic acid groups (broad SMARTS) is 1. The summed E-state index contributed by atoms with van der Waals surface area (Å²) in [5.41, 5.74) is 0.0974. The summed E-state index contributed by atoms with van der Waals surface area (Å²) in [4.78, 5) is 22.6. The normalized spacial score (nSPS) is 21.3. The fourth-order valence-corrected chi connectivity index (χ4v) is 2.21. The van der Waals surface area contributed by atoms with Crippen LogP contribution in [0.4, 0.5) is 23.7 Å². The van der Waals surface area contributed by atoms with Gasteiger partial charge in [0.05, 0.1) is 11.6 Å². The number of anilines is 1. The first-order chi connectivity index (χ1) is 11.2. The number of carbonyl (C=O) groups is 2. The SMILES string of the molecule is CC(Oc1ccccc1NC(=O)NC1CC(C(=O)O)C1)C(F)(F)F. The lowest BCUT2D eigenvalue weighted by Gasteiger charge is -2.32. The van der Waals surface area contributed by atoms with E-state index in [9.17, 15) is 22.8 Å². The van der Waals surface area contributed by atoms with E-state index in [0.717, 1.165) is 6.92 Å². The number of alkyl halides is 3. The molecule has 0 heterocycles. The van der Waals surface area contributed by atoms with Gasteiger partial charge in [0.25, 0.3) is 0 Å². The number of hydrogen-bond acceptors (Lipinski definition) is 3. The van der Waals surface area contributed by atoms with Crippen LogP contribution in [0.25, 0.3) is 0 Å². The fourth-order valence-electron chi connectivity index (χ4n) is 2.21. The van der Waals surface area contributed by atoms with E-state index in [4.69, 9.17) is 9.84 Å². The molecule has 1 aliphatic rings. The molecular weight excluding hydrogens is 329 g/mol. The fraction of sp³-hybridized carbons (Fsp3) is 0.467. The van der Waals surface area contributed by atoms with Crippen molar-refractivity contribution < 1.29 is 32.6 Å². The van der Waals surface area contributed by atoms with Gasteiger partial charge in [-0.05, 0) is 31.9 Å². The van der Waals surface area contributed by atoms with Crippen molar-refractivity contribution in [2.75, 3.05) is 5.32 Å². The molecule has 0 bridgehead atoms. The summed E-state index contributed by atoms with van der Waals surface area (Å²) in [7, 11) is 0. The number of para-hydroxylation sites is 2. The minimum atomic E-state index is -4.52. The molecule has 0 spiro atoms. The van der Waals surface area contributed by atoms with Gasteiger partial charge in [0.2, 0.25) is 0 Å². The first-order valence-corrected chi connectivity index (χ1v) is 7.29. The summed E-state index contributed by atoms with van der Waals surface area (Å²) in [6.45, 7) is 0.872. The lowest BCUT2D eigenvalue weighted by molar-refractivity contribution is -0.189. The molecule has 1 unspecified atom stereocenters. The maximum Gasteiger partial charge on any atom is 0.425 e. The van der Waals surface area contributed by atoms with Gasteiger partial charge in [0.1, 0.15) is 5.75 Å². The van der Waals surface area contributed by atoms with Crippen molar-refractivity contribution in [1.29, 1.82) is 0 Å². The third-order valence-corrected chi connectivity index (χ3v) is 3.72. The standard InChI is InChI=1S/C15H17F3N2O4/c1-8(15(16,17)18)24-12-5-3-2-4-11(12)20-14(23)19-10-6-9(7-10)13(21)22/h2-5,8-10H,6-7H2,1H3,(H,21,22)(H2,19,20,23). The Morgan fingerprint density at radius 3 is 2.50 bits per heavy atom. The maximum atomic E-state index is 12.6. The summed E-state index contributed by atoms with van der Waals surface area (Å²) in [6.07, 6.45) is -5.89. The zero-order chi connectivity index (χ0) is 17.9. The number of aliphatic carboxylic acids is 1. The quantitative estimate of drug-likeness (QED) is 0.765. The van der Waals surface area contributed by atoms with Gasteiger partial charge in [-0.15, -0.1) is 0 Å². The van der Waals surface area contributed by atoms with Crippen molar-refractivity contribution in [1.82, 2.24) is 5.32 Å². The minimum absolute atomic E-state index is 0.0974. The largest absolute Gasteiger partial charge is 0.481 e. The molecule has 1 atom stereocenters. The molecule has 1 aliphatic carbocycles. The highest BCUT2D eigenvalue weighted by Crippen LogP contribution is 2.30. The molecule has 2 amide bonds. The molecule has 1 aromatic rings. The third kappa shape index (κ3) is 4.53. The number of hydrogen-bond donors (Lipinski definition) is 3. The highest BCUT2D eigenvalue weighted by atomic mass is 19.4. The number of urea groups is 1. The Bertz CT molecular complexity index is 615. The molecule has 0 saturated heterocycles. The van der Waals surface area contributed by atoms with Gasteiger partial charge < -0.3 is 20.5 Å². The van der Waals surface area contributed by atoms with Gasteiger partial charge in [-0.2, -0.15) is 13.2 Å². The van der Waals surface area contributed by atoms with E-state index in [-0.39, 0.29) is 17.5 Å². The molecule has 1 aromatic carbocycles. The maximum absolute atomic E-state index is 12.6. The predicted octanol–water partition coefficient (Wildman–Crippen LogP) is 3.00. The minimum Gasteiger partial charge on any atom is -0.481 e. The topological polar surface area (TPSA) is 87.7 Å². The van der Waals surface area contributed by atoms with E-state index >= 15 is 0 Å². The molecular formula is C15H17F3N2O4. The van der Waals surface area contributed by atoms with Crippen molar-refractivity contribution in [2.45, 2.75) is 38.1 Å². The van der Waals surface area contributed by atoms with Crippen LogP contribution in [0.15, 0.2) is 24.3 Å². The summed E-state index contributed by atoms with van der Waals surface area (Å²) >= 11 is 0. The van der Waals surface area contributed by atoms with Gasteiger partial charge in [-0.1, -0.05) is 12.1 Å². The molecule has 9 heteroatoms. The van der Waals surface area contributed by atoms with Crippen LogP contribution in [0, 0.1) is 5.92 Å². The molecule has 6 nitrogen and oxygen atoms in total. The molecule has 0 aromatic heterocycles. The molecule has 0 aliphatic heterocycles. The molecule has 0 radical (unpaired) electrons. The lowest BCUT2D eigenvalue weighted by Crippen LogP contribution is -2.48. The Labute approximate surface area is 136 Å². The van der Waals surface area contributed by atoms with E-state index in [0.29, 0.717) is 12.8 Å². The summed E-state index contributed by atoms with van der Waals surface area (Å²) in [5.74, 6) is -1.48. The number of carboxylic acids is 1. The van der Waals surface area contributed by atoms with Gasteiger partial charge in [0.15, 0.2) is 6.10 Å². The Morgan fingerprint density at radius 1 is 1.29 bits per heavy atom. The van der Waals surface area contributed by atoms with Crippen LogP contribution in [0.2, 0.25) is 0 Å². The number of carbonyl (C=O) groups excluding carboxylic acids is 1. The Kier molecular flexibility index (Phi) is 5.20. The average Bonchev–Trinajstić information content (AvgIpc) is 2.43. The molecule has 3 N–H and O–H groups in total. The van der Waals surface area contributed by atoms with Crippen molar-refractivity contribution in [3.05, 3.63) is 24.3 Å². The lowest BCUT2D eigenvalue weighted by atomic mass is 9.80. The van der Waals surface area contributed by atoms with Crippen molar-refractivity contribution in [3.8, 4) is 5.75 Å². The zero-order valence-electron chi connectivity index (χ0n) is 12.8. The van der Waals surface area contributed by atoms with Crippen molar-refractivity contribution in [2.24, 2.45) is 5.92 Å². The summed E-state index contributed by atoms with van der Waals surface area (Å²) in [6, 6.07) is 4.88. The van der Waals surface area contributed by atoms with Crippen LogP contribution in [-0.2, 0) is 4.79 Å². The van der Waals surface area contributed by atoms with Crippen LogP contribution in [-0.4, -0.2) is 35.4 Å². The van der Waals surface area contributed by atoms with E-state index in [2.05, 4.69) is 10.6 Å². The first-order valence-electron chi connectivity index (χ1n) is 7.29. The second-order valence-electron chi connectivity index (χ2n) is 5.60. The summed E-state index contributed by atoms with van der Waals surface area (Å²) in [5, 5.41) is 13.8. The van der Waals surface area contributed by atoms with Gasteiger partial charge in [-0.25, -0.2) is 4.79 Å². The third-order valence-electron chi connectivity index (χ3n) is 3.72. The van der Waals surface area contributed by atoms with Gasteiger partial charge in [0, 0.05) is 6.04 Å². The van der Waals surface area contributed by atoms with E-state index in [1.54, 1.807) is 6.07 Å². The second kappa shape index (κ2) is 6.98. The zero-order valence-corrected chi connectivity index (χ0v) is 12.8. The number of rotatable bonds is 5. The second-order valence-corrected chi connectivity index (χ2v) is 5.60. The van der Waals surface area contributed by atoms with Crippen LogP contribution in [0.1, 0.15) is 19.8 Å². The Hall–Kier alpha value is -2.45. The van der Waals surface area contributed by atoms with Crippen molar-refractivity contribution >= 4 is 17.7 Å². The number of halogens is 3. The molecule has 24 heavy (non-hydrogen) atoms. The molecule has 2 rings (SSSR count). The smallest absolute Gasteiger partial charge is 0.425 e. The monoisotopic (exact) mass is 346 g/mol. The average molecular weight is 346 g/mol. The van der Waals surface area contributed by atoms with E-state index in [1.807, 2.05) is 0 Å². The van der Waals surface area contributed by atoms with E-state index in [1.165, 1.54) is 18.2 Å². The molecule has 132 valence electrons. The number of benzene rings is 1.